The van der Waals surface area contributed by atoms with Gasteiger partial charge in [0.05, 0.1) is 5.69 Å². The molecule has 1 N–H and O–H groups in total. The third kappa shape index (κ3) is 4.46. The maximum absolute atomic E-state index is 12.7. The largest absolute Gasteiger partial charge is 0.340 e. The van der Waals surface area contributed by atoms with Gasteiger partial charge in [0.1, 0.15) is 10.7 Å². The Morgan fingerprint density at radius 2 is 2.04 bits per heavy atom. The van der Waals surface area contributed by atoms with Gasteiger partial charge in [-0.15, -0.1) is 0 Å². The maximum Gasteiger partial charge on any atom is 0.244 e. The molecule has 1 fully saturated rings. The van der Waals surface area contributed by atoms with Gasteiger partial charge in [0, 0.05) is 25.1 Å². The van der Waals surface area contributed by atoms with Crippen molar-refractivity contribution in [2.75, 3.05) is 0 Å². The molecule has 0 aromatic carbocycles. The van der Waals surface area contributed by atoms with Crippen molar-refractivity contribution >= 4 is 23.6 Å². The minimum atomic E-state index is -0.571. The molecule has 0 unspecified atom stereocenters. The van der Waals surface area contributed by atoms with Crippen LogP contribution < -0.4 is 5.32 Å². The second kappa shape index (κ2) is 8.47. The lowest BCUT2D eigenvalue weighted by Gasteiger charge is -2.34. The van der Waals surface area contributed by atoms with E-state index in [1.165, 1.54) is 6.08 Å². The van der Waals surface area contributed by atoms with Gasteiger partial charge in [0.25, 0.3) is 0 Å². The van der Waals surface area contributed by atoms with Crippen molar-refractivity contribution in [3.8, 4) is 0 Å². The van der Waals surface area contributed by atoms with E-state index in [0.29, 0.717) is 22.8 Å². The number of nitrogens with zero attached hydrogens (tertiary/aromatic N) is 4. The van der Waals surface area contributed by atoms with Crippen molar-refractivity contribution in [1.29, 1.82) is 0 Å². The second-order valence-corrected chi connectivity index (χ2v) is 8.33. The third-order valence-corrected chi connectivity index (χ3v) is 5.47. The molecule has 1 aliphatic rings. The van der Waals surface area contributed by atoms with Crippen LogP contribution in [0.1, 0.15) is 68.9 Å². The maximum atomic E-state index is 12.7. The fourth-order valence-electron chi connectivity index (χ4n) is 3.71. The molecule has 0 aliphatic heterocycles. The Hall–Kier alpha value is -2.15. The number of amides is 1. The predicted molar refractivity (Wildman–Crippen MR) is 108 cm³/mol. The fourth-order valence-corrected chi connectivity index (χ4v) is 4.02. The van der Waals surface area contributed by atoms with Crippen LogP contribution in [0.2, 0.25) is 5.15 Å². The molecule has 0 spiro atoms. The summed E-state index contributed by atoms with van der Waals surface area (Å²) in [5.41, 5.74) is 0.999. The van der Waals surface area contributed by atoms with E-state index in [-0.39, 0.29) is 5.91 Å². The number of hydrogen-bond donors (Lipinski definition) is 1. The first-order valence-corrected chi connectivity index (χ1v) is 10.2. The first kappa shape index (κ1) is 20.6. The molecule has 3 rings (SSSR count). The van der Waals surface area contributed by atoms with Crippen molar-refractivity contribution in [1.82, 2.24) is 25.2 Å². The monoisotopic (exact) mass is 405 g/mol. The van der Waals surface area contributed by atoms with Crippen LogP contribution in [0.3, 0.4) is 0 Å². The highest BCUT2D eigenvalue weighted by Gasteiger charge is 2.39. The van der Waals surface area contributed by atoms with E-state index in [1.54, 1.807) is 17.7 Å². The van der Waals surface area contributed by atoms with Crippen molar-refractivity contribution in [3.63, 3.8) is 0 Å². The number of carbonyl (C=O) groups is 1. The average Bonchev–Trinajstić information content (AvgIpc) is 3.18. The molecular formula is C20H28ClN5O2. The van der Waals surface area contributed by atoms with Crippen LogP contribution in [0.15, 0.2) is 10.6 Å². The first-order chi connectivity index (χ1) is 13.3. The van der Waals surface area contributed by atoms with Crippen LogP contribution in [-0.4, -0.2) is 25.8 Å². The summed E-state index contributed by atoms with van der Waals surface area (Å²) in [6, 6.07) is 0. The van der Waals surface area contributed by atoms with E-state index in [4.69, 9.17) is 16.1 Å². The number of carbonyl (C=O) groups excluding carboxylic acids is 1. The van der Waals surface area contributed by atoms with Gasteiger partial charge in [-0.3, -0.25) is 9.48 Å². The molecule has 8 heteroatoms. The Bertz CT molecular complexity index is 862. The summed E-state index contributed by atoms with van der Waals surface area (Å²) in [6.45, 7) is 8.61. The molecule has 2 aromatic rings. The molecule has 0 saturated heterocycles. The molecule has 0 atom stereocenters. The summed E-state index contributed by atoms with van der Waals surface area (Å²) in [5.74, 6) is 1.30. The predicted octanol–water partition coefficient (Wildman–Crippen LogP) is 4.18. The number of aryl methyl sites for hydroxylation is 2. The highest BCUT2D eigenvalue weighted by Crippen LogP contribution is 2.35. The van der Waals surface area contributed by atoms with Crippen molar-refractivity contribution < 1.29 is 9.32 Å². The van der Waals surface area contributed by atoms with E-state index in [1.807, 2.05) is 6.92 Å². The lowest BCUT2D eigenvalue weighted by molar-refractivity contribution is -0.119. The molecule has 1 saturated carbocycles. The molecule has 2 aromatic heterocycles. The van der Waals surface area contributed by atoms with Crippen LogP contribution in [0, 0.1) is 19.8 Å². The molecule has 2 heterocycles. The van der Waals surface area contributed by atoms with E-state index in [2.05, 4.69) is 34.4 Å². The number of rotatable bonds is 6. The number of halogens is 1. The highest BCUT2D eigenvalue weighted by molar-refractivity contribution is 6.31. The summed E-state index contributed by atoms with van der Waals surface area (Å²) in [7, 11) is 0. The molecule has 152 valence electrons. The SMILES string of the molecule is Cc1nc(C2(NC(=O)/C=C/c3c(C)nn(CC(C)C)c3Cl)CCCCC2)no1. The Morgan fingerprint density at radius 3 is 2.64 bits per heavy atom. The van der Waals surface area contributed by atoms with E-state index in [0.717, 1.165) is 49.9 Å². The summed E-state index contributed by atoms with van der Waals surface area (Å²) < 4.78 is 6.94. The Kier molecular flexibility index (Phi) is 6.23. The minimum Gasteiger partial charge on any atom is -0.340 e. The minimum absolute atomic E-state index is 0.198. The number of hydrogen-bond acceptors (Lipinski definition) is 5. The van der Waals surface area contributed by atoms with Crippen LogP contribution in [-0.2, 0) is 16.9 Å². The molecule has 1 amide bonds. The zero-order valence-electron chi connectivity index (χ0n) is 17.0. The van der Waals surface area contributed by atoms with Gasteiger partial charge >= 0.3 is 0 Å². The van der Waals surface area contributed by atoms with Crippen LogP contribution in [0.4, 0.5) is 0 Å². The van der Waals surface area contributed by atoms with Gasteiger partial charge in [0.2, 0.25) is 11.8 Å². The van der Waals surface area contributed by atoms with Crippen molar-refractivity contribution in [2.24, 2.45) is 5.92 Å². The van der Waals surface area contributed by atoms with Gasteiger partial charge in [-0.2, -0.15) is 10.1 Å². The number of aromatic nitrogens is 4. The van der Waals surface area contributed by atoms with Crippen molar-refractivity contribution in [2.45, 2.75) is 71.9 Å². The van der Waals surface area contributed by atoms with Crippen LogP contribution in [0.25, 0.3) is 6.08 Å². The quantitative estimate of drug-likeness (QED) is 0.728. The summed E-state index contributed by atoms with van der Waals surface area (Å²) in [6.07, 6.45) is 8.03. The fraction of sp³-hybridized carbons (Fsp3) is 0.600. The summed E-state index contributed by atoms with van der Waals surface area (Å²) >= 11 is 6.46. The first-order valence-electron chi connectivity index (χ1n) is 9.84. The molecular weight excluding hydrogens is 378 g/mol. The molecule has 0 radical (unpaired) electrons. The van der Waals surface area contributed by atoms with E-state index in [9.17, 15) is 4.79 Å². The smallest absolute Gasteiger partial charge is 0.244 e. The van der Waals surface area contributed by atoms with Crippen molar-refractivity contribution in [3.05, 3.63) is 34.2 Å². The van der Waals surface area contributed by atoms with E-state index < -0.39 is 5.54 Å². The van der Waals surface area contributed by atoms with Gasteiger partial charge in [0.15, 0.2) is 5.82 Å². The summed E-state index contributed by atoms with van der Waals surface area (Å²) in [4.78, 5) is 17.1. The van der Waals surface area contributed by atoms with Gasteiger partial charge in [-0.05, 0) is 31.8 Å². The van der Waals surface area contributed by atoms with Crippen LogP contribution in [0.5, 0.6) is 0 Å². The Labute approximate surface area is 170 Å². The normalized spacial score (nSPS) is 16.8. The average molecular weight is 406 g/mol. The topological polar surface area (TPSA) is 85.8 Å². The molecule has 1 aliphatic carbocycles. The van der Waals surface area contributed by atoms with Gasteiger partial charge in [-0.1, -0.05) is 49.9 Å². The second-order valence-electron chi connectivity index (χ2n) is 7.97. The third-order valence-electron chi connectivity index (χ3n) is 5.07. The molecule has 28 heavy (non-hydrogen) atoms. The van der Waals surface area contributed by atoms with Gasteiger partial charge in [-0.25, -0.2) is 0 Å². The lowest BCUT2D eigenvalue weighted by Crippen LogP contribution is -2.47. The zero-order valence-corrected chi connectivity index (χ0v) is 17.7. The summed E-state index contributed by atoms with van der Waals surface area (Å²) in [5, 5.41) is 12.2. The Morgan fingerprint density at radius 1 is 1.32 bits per heavy atom. The molecule has 7 nitrogen and oxygen atoms in total. The van der Waals surface area contributed by atoms with Crippen LogP contribution >= 0.6 is 11.6 Å². The zero-order chi connectivity index (χ0) is 20.3. The Balaban J connectivity index is 1.78. The highest BCUT2D eigenvalue weighted by atomic mass is 35.5. The number of nitrogens with one attached hydrogen (secondary N) is 1. The standard InChI is InChI=1S/C20H28ClN5O2/c1-13(2)12-26-18(21)16(14(3)24-26)8-9-17(27)23-20(10-6-5-7-11-20)19-22-15(4)28-25-19/h8-9,13H,5-7,10-12H2,1-4H3,(H,23,27)/b9-8+. The molecule has 0 bridgehead atoms. The lowest BCUT2D eigenvalue weighted by atomic mass is 9.81. The van der Waals surface area contributed by atoms with E-state index >= 15 is 0 Å². The van der Waals surface area contributed by atoms with Gasteiger partial charge < -0.3 is 9.84 Å².